The van der Waals surface area contributed by atoms with Gasteiger partial charge in [-0.2, -0.15) is 0 Å². The Hall–Kier alpha value is -3.27. The predicted molar refractivity (Wildman–Crippen MR) is 112 cm³/mol. The average Bonchev–Trinajstić information content (AvgIpc) is 2.66. The Bertz CT molecular complexity index is 1050. The molecule has 0 aliphatic heterocycles. The van der Waals surface area contributed by atoms with Crippen molar-refractivity contribution >= 4 is 27.4 Å². The molecule has 4 N–H and O–H groups in total. The molecule has 0 fully saturated rings. The van der Waals surface area contributed by atoms with Gasteiger partial charge < -0.3 is 25.6 Å². The van der Waals surface area contributed by atoms with Crippen molar-refractivity contribution in [1.82, 2.24) is 5.32 Å². The minimum absolute atomic E-state index is 0.0322. The van der Waals surface area contributed by atoms with Crippen molar-refractivity contribution in [3.05, 3.63) is 53.1 Å². The zero-order valence-corrected chi connectivity index (χ0v) is 17.7. The highest BCUT2D eigenvalue weighted by Gasteiger charge is 2.25. The van der Waals surface area contributed by atoms with Gasteiger partial charge in [0.2, 0.25) is 0 Å². The summed E-state index contributed by atoms with van der Waals surface area (Å²) in [5.41, 5.74) is 5.72. The maximum absolute atomic E-state index is 12.9. The van der Waals surface area contributed by atoms with Gasteiger partial charge in [0.15, 0.2) is 11.5 Å². The smallest absolute Gasteiger partial charge is 0.336 e. The van der Waals surface area contributed by atoms with Gasteiger partial charge in [0, 0.05) is 11.9 Å². The van der Waals surface area contributed by atoms with Gasteiger partial charge in [-0.05, 0) is 36.8 Å². The number of methoxy groups -OCH3 is 1. The molecule has 1 amide bonds. The SMILES string of the molecule is CCOc1cc([C@@H](CS(C)(=O)=O)NC(=O)c2c(N)cccc2C(=O)O)ccc1OC. The molecule has 162 valence electrons. The molecule has 2 aromatic rings. The molecule has 9 nitrogen and oxygen atoms in total. The Morgan fingerprint density at radius 3 is 2.47 bits per heavy atom. The molecular formula is C20H24N2O7S. The number of benzene rings is 2. The molecule has 10 heteroatoms. The molecule has 0 aliphatic rings. The van der Waals surface area contributed by atoms with E-state index in [1.54, 1.807) is 25.1 Å². The standard InChI is InChI=1S/C20H24N2O7S/c1-4-29-17-10-12(8-9-16(17)28-2)15(11-30(3,26)27)22-19(23)18-13(20(24)25)6-5-7-14(18)21/h5-10,15H,4,11,21H2,1-3H3,(H,22,23)(H,24,25)/t15-/m1/s1. The molecule has 2 aromatic carbocycles. The van der Waals surface area contributed by atoms with Crippen LogP contribution in [0.1, 0.15) is 39.2 Å². The van der Waals surface area contributed by atoms with Crippen LogP contribution in [0.4, 0.5) is 5.69 Å². The number of amides is 1. The fourth-order valence-corrected chi connectivity index (χ4v) is 3.82. The zero-order chi connectivity index (χ0) is 22.5. The van der Waals surface area contributed by atoms with Crippen LogP contribution in [-0.4, -0.2) is 51.1 Å². The lowest BCUT2D eigenvalue weighted by Crippen LogP contribution is -2.34. The molecule has 0 bridgehead atoms. The summed E-state index contributed by atoms with van der Waals surface area (Å²) in [6.45, 7) is 2.14. The van der Waals surface area contributed by atoms with Crippen LogP contribution in [0.5, 0.6) is 11.5 Å². The van der Waals surface area contributed by atoms with Gasteiger partial charge in [0.1, 0.15) is 9.84 Å². The fraction of sp³-hybridized carbons (Fsp3) is 0.300. The van der Waals surface area contributed by atoms with Crippen molar-refractivity contribution in [3.8, 4) is 11.5 Å². The van der Waals surface area contributed by atoms with Crippen molar-refractivity contribution in [2.24, 2.45) is 0 Å². The minimum atomic E-state index is -3.51. The first-order valence-corrected chi connectivity index (χ1v) is 11.0. The maximum atomic E-state index is 12.9. The second-order valence-corrected chi connectivity index (χ2v) is 8.72. The van der Waals surface area contributed by atoms with E-state index in [1.165, 1.54) is 25.3 Å². The van der Waals surface area contributed by atoms with E-state index >= 15 is 0 Å². The van der Waals surface area contributed by atoms with Crippen molar-refractivity contribution in [2.75, 3.05) is 31.5 Å². The Kier molecular flexibility index (Phi) is 7.28. The summed E-state index contributed by atoms with van der Waals surface area (Å²) in [7, 11) is -2.04. The number of sulfone groups is 1. The summed E-state index contributed by atoms with van der Waals surface area (Å²) in [6, 6.07) is 7.86. The first kappa shape index (κ1) is 23.0. The number of carboxylic acids is 1. The average molecular weight is 436 g/mol. The molecule has 0 aromatic heterocycles. The number of nitrogens with one attached hydrogen (secondary N) is 1. The number of hydrogen-bond donors (Lipinski definition) is 3. The second kappa shape index (κ2) is 9.49. The highest BCUT2D eigenvalue weighted by atomic mass is 32.2. The first-order chi connectivity index (χ1) is 14.1. The number of hydrogen-bond acceptors (Lipinski definition) is 7. The number of carbonyl (C=O) groups excluding carboxylic acids is 1. The van der Waals surface area contributed by atoms with E-state index in [9.17, 15) is 23.1 Å². The first-order valence-electron chi connectivity index (χ1n) is 8.98. The van der Waals surface area contributed by atoms with E-state index in [1.807, 2.05) is 0 Å². The molecule has 0 aliphatic carbocycles. The monoisotopic (exact) mass is 436 g/mol. The summed E-state index contributed by atoms with van der Waals surface area (Å²) in [5.74, 6) is -1.70. The Morgan fingerprint density at radius 1 is 1.20 bits per heavy atom. The van der Waals surface area contributed by atoms with Crippen LogP contribution >= 0.6 is 0 Å². The third kappa shape index (κ3) is 5.63. The van der Waals surface area contributed by atoms with Gasteiger partial charge in [0.05, 0.1) is 36.6 Å². The molecule has 2 rings (SSSR count). The molecule has 30 heavy (non-hydrogen) atoms. The summed E-state index contributed by atoms with van der Waals surface area (Å²) in [6.07, 6.45) is 1.04. The van der Waals surface area contributed by atoms with E-state index < -0.39 is 33.5 Å². The largest absolute Gasteiger partial charge is 0.493 e. The minimum Gasteiger partial charge on any atom is -0.493 e. The number of ether oxygens (including phenoxy) is 2. The Morgan fingerprint density at radius 2 is 1.90 bits per heavy atom. The number of carboxylic acid groups (broad SMARTS) is 1. The summed E-state index contributed by atoms with van der Waals surface area (Å²) in [4.78, 5) is 24.4. The number of anilines is 1. The third-order valence-electron chi connectivity index (χ3n) is 4.22. The van der Waals surface area contributed by atoms with Crippen molar-refractivity contribution in [3.63, 3.8) is 0 Å². The Balaban J connectivity index is 2.49. The molecule has 0 saturated carbocycles. The molecule has 0 spiro atoms. The molecule has 0 heterocycles. The fourth-order valence-electron chi connectivity index (χ4n) is 2.93. The van der Waals surface area contributed by atoms with Crippen LogP contribution < -0.4 is 20.5 Å². The number of carbonyl (C=O) groups is 2. The lowest BCUT2D eigenvalue weighted by atomic mass is 10.0. The van der Waals surface area contributed by atoms with Gasteiger partial charge in [-0.1, -0.05) is 12.1 Å². The molecule has 0 saturated heterocycles. The van der Waals surface area contributed by atoms with E-state index in [0.717, 1.165) is 6.26 Å². The normalized spacial score (nSPS) is 12.1. The summed E-state index contributed by atoms with van der Waals surface area (Å²) in [5, 5.41) is 12.0. The van der Waals surface area contributed by atoms with Gasteiger partial charge in [-0.25, -0.2) is 13.2 Å². The summed E-state index contributed by atoms with van der Waals surface area (Å²) < 4.78 is 34.7. The van der Waals surface area contributed by atoms with Crippen LogP contribution in [0.2, 0.25) is 0 Å². The van der Waals surface area contributed by atoms with Crippen LogP contribution in [0.25, 0.3) is 0 Å². The number of nitrogens with two attached hydrogens (primary N) is 1. The van der Waals surface area contributed by atoms with Crippen LogP contribution in [0.3, 0.4) is 0 Å². The van der Waals surface area contributed by atoms with Gasteiger partial charge in [-0.3, -0.25) is 4.79 Å². The maximum Gasteiger partial charge on any atom is 0.336 e. The van der Waals surface area contributed by atoms with Crippen LogP contribution in [0, 0.1) is 0 Å². The molecular weight excluding hydrogens is 412 g/mol. The number of nitrogen functional groups attached to an aromatic ring is 1. The lowest BCUT2D eigenvalue weighted by molar-refractivity contribution is 0.0690. The second-order valence-electron chi connectivity index (χ2n) is 6.54. The third-order valence-corrected chi connectivity index (χ3v) is 5.16. The number of aromatic carboxylic acids is 1. The van der Waals surface area contributed by atoms with Crippen molar-refractivity contribution in [1.29, 1.82) is 0 Å². The number of rotatable bonds is 9. The Labute approximate surface area is 174 Å². The van der Waals surface area contributed by atoms with E-state index in [2.05, 4.69) is 5.32 Å². The zero-order valence-electron chi connectivity index (χ0n) is 16.8. The molecule has 0 radical (unpaired) electrons. The van der Waals surface area contributed by atoms with Crippen LogP contribution in [-0.2, 0) is 9.84 Å². The molecule has 1 atom stereocenters. The van der Waals surface area contributed by atoms with E-state index in [4.69, 9.17) is 15.2 Å². The summed E-state index contributed by atoms with van der Waals surface area (Å²) >= 11 is 0. The highest BCUT2D eigenvalue weighted by Crippen LogP contribution is 2.31. The van der Waals surface area contributed by atoms with Crippen LogP contribution in [0.15, 0.2) is 36.4 Å². The quantitative estimate of drug-likeness (QED) is 0.505. The highest BCUT2D eigenvalue weighted by molar-refractivity contribution is 7.90. The van der Waals surface area contributed by atoms with Gasteiger partial charge >= 0.3 is 5.97 Å². The van der Waals surface area contributed by atoms with E-state index in [-0.39, 0.29) is 16.8 Å². The lowest BCUT2D eigenvalue weighted by Gasteiger charge is -2.21. The molecule has 0 unspecified atom stereocenters. The van der Waals surface area contributed by atoms with Crippen molar-refractivity contribution in [2.45, 2.75) is 13.0 Å². The van der Waals surface area contributed by atoms with Crippen molar-refractivity contribution < 1.29 is 32.6 Å². The predicted octanol–water partition coefficient (Wildman–Crippen LogP) is 1.89. The van der Waals surface area contributed by atoms with E-state index in [0.29, 0.717) is 23.7 Å². The topological polar surface area (TPSA) is 145 Å². The van der Waals surface area contributed by atoms with Gasteiger partial charge in [0.25, 0.3) is 5.91 Å². The van der Waals surface area contributed by atoms with Gasteiger partial charge in [-0.15, -0.1) is 0 Å².